The van der Waals surface area contributed by atoms with E-state index < -0.39 is 0 Å². The van der Waals surface area contributed by atoms with E-state index >= 15 is 0 Å². The van der Waals surface area contributed by atoms with Gasteiger partial charge in [-0.15, -0.1) is 0 Å². The summed E-state index contributed by atoms with van der Waals surface area (Å²) >= 11 is 0. The minimum Gasteiger partial charge on any atom is -0.352 e. The molecule has 0 aliphatic carbocycles. The molecule has 0 radical (unpaired) electrons. The highest BCUT2D eigenvalue weighted by atomic mass is 16.7. The molecule has 3 heteroatoms. The van der Waals surface area contributed by atoms with Crippen molar-refractivity contribution in [2.75, 3.05) is 13.2 Å². The molecule has 0 bridgehead atoms. The van der Waals surface area contributed by atoms with Crippen LogP contribution < -0.4 is 0 Å². The first-order valence-electron chi connectivity index (χ1n) is 7.85. The molecule has 1 heterocycles. The Balaban J connectivity index is 1.72. The molecular formula is C18H26O3. The Hall–Kier alpha value is -1.19. The minimum absolute atomic E-state index is 0.105. The largest absolute Gasteiger partial charge is 0.352 e. The molecule has 2 rings (SSSR count). The van der Waals surface area contributed by atoms with Crippen LogP contribution in [0.3, 0.4) is 0 Å². The van der Waals surface area contributed by atoms with Crippen molar-refractivity contribution < 1.29 is 14.3 Å². The van der Waals surface area contributed by atoms with Crippen LogP contribution in [0, 0.1) is 5.41 Å². The number of ketones is 1. The zero-order valence-corrected chi connectivity index (χ0v) is 13.4. The van der Waals surface area contributed by atoms with E-state index in [4.69, 9.17) is 9.47 Å². The van der Waals surface area contributed by atoms with E-state index in [2.05, 4.69) is 20.8 Å². The van der Waals surface area contributed by atoms with Gasteiger partial charge < -0.3 is 9.47 Å². The number of rotatable bonds is 6. The second kappa shape index (κ2) is 7.19. The van der Waals surface area contributed by atoms with Gasteiger partial charge in [0, 0.05) is 17.4 Å². The Bertz CT molecular complexity index is 452. The number of hydrogen-bond donors (Lipinski definition) is 0. The van der Waals surface area contributed by atoms with Crippen molar-refractivity contribution in [3.8, 4) is 0 Å². The monoisotopic (exact) mass is 290 g/mol. The van der Waals surface area contributed by atoms with Gasteiger partial charge in [-0.1, -0.05) is 45.0 Å². The highest BCUT2D eigenvalue weighted by molar-refractivity contribution is 5.96. The molecule has 1 aromatic rings. The standard InChI is InChI=1S/C18H26O3/c1-4-14-8-10-15(11-9-14)16(19)6-5-7-17-20-12-18(2,3)13-21-17/h8-11,17H,4-7,12-13H2,1-3H3. The summed E-state index contributed by atoms with van der Waals surface area (Å²) < 4.78 is 11.4. The van der Waals surface area contributed by atoms with Gasteiger partial charge in [-0.25, -0.2) is 0 Å². The highest BCUT2D eigenvalue weighted by Gasteiger charge is 2.27. The van der Waals surface area contributed by atoms with E-state index in [9.17, 15) is 4.79 Å². The van der Waals surface area contributed by atoms with Crippen LogP contribution >= 0.6 is 0 Å². The van der Waals surface area contributed by atoms with E-state index in [-0.39, 0.29) is 17.5 Å². The summed E-state index contributed by atoms with van der Waals surface area (Å²) in [5.41, 5.74) is 2.17. The molecular weight excluding hydrogens is 264 g/mol. The molecule has 1 aliphatic rings. The number of carbonyl (C=O) groups excluding carboxylic acids is 1. The Morgan fingerprint density at radius 2 is 1.81 bits per heavy atom. The Kier molecular flexibility index (Phi) is 5.54. The highest BCUT2D eigenvalue weighted by Crippen LogP contribution is 2.25. The molecule has 0 saturated carbocycles. The second-order valence-electron chi connectivity index (χ2n) is 6.58. The lowest BCUT2D eigenvalue weighted by atomic mass is 9.95. The maximum atomic E-state index is 12.1. The molecule has 21 heavy (non-hydrogen) atoms. The van der Waals surface area contributed by atoms with Crippen LogP contribution in [0.25, 0.3) is 0 Å². The van der Waals surface area contributed by atoms with Crippen molar-refractivity contribution >= 4 is 5.78 Å². The van der Waals surface area contributed by atoms with Gasteiger partial charge in [0.2, 0.25) is 0 Å². The Morgan fingerprint density at radius 3 is 2.38 bits per heavy atom. The first-order chi connectivity index (χ1) is 10.00. The fourth-order valence-corrected chi connectivity index (χ4v) is 2.39. The molecule has 0 N–H and O–H groups in total. The number of benzene rings is 1. The normalized spacial score (nSPS) is 18.6. The van der Waals surface area contributed by atoms with Crippen molar-refractivity contribution in [1.82, 2.24) is 0 Å². The van der Waals surface area contributed by atoms with Crippen molar-refractivity contribution in [3.63, 3.8) is 0 Å². The van der Waals surface area contributed by atoms with Crippen molar-refractivity contribution in [2.24, 2.45) is 5.41 Å². The third-order valence-corrected chi connectivity index (χ3v) is 3.85. The van der Waals surface area contributed by atoms with Gasteiger partial charge in [-0.2, -0.15) is 0 Å². The number of Topliss-reactive ketones (excluding diaryl/α,β-unsaturated/α-hetero) is 1. The Labute approximate surface area is 127 Å². The first kappa shape index (κ1) is 16.2. The third kappa shape index (κ3) is 4.94. The number of aryl methyl sites for hydroxylation is 1. The lowest BCUT2D eigenvalue weighted by molar-refractivity contribution is -0.223. The van der Waals surface area contributed by atoms with E-state index in [1.165, 1.54) is 5.56 Å². The van der Waals surface area contributed by atoms with E-state index in [1.54, 1.807) is 0 Å². The summed E-state index contributed by atoms with van der Waals surface area (Å²) in [5, 5.41) is 0. The van der Waals surface area contributed by atoms with E-state index in [0.29, 0.717) is 6.42 Å². The smallest absolute Gasteiger partial charge is 0.162 e. The van der Waals surface area contributed by atoms with Gasteiger partial charge in [0.1, 0.15) is 0 Å². The van der Waals surface area contributed by atoms with Crippen LogP contribution in [0.2, 0.25) is 0 Å². The molecule has 116 valence electrons. The van der Waals surface area contributed by atoms with Crippen molar-refractivity contribution in [1.29, 1.82) is 0 Å². The van der Waals surface area contributed by atoms with E-state index in [1.807, 2.05) is 24.3 Å². The topological polar surface area (TPSA) is 35.5 Å². The predicted molar refractivity (Wildman–Crippen MR) is 83.5 cm³/mol. The van der Waals surface area contributed by atoms with Gasteiger partial charge in [0.05, 0.1) is 13.2 Å². The predicted octanol–water partition coefficient (Wildman–Crippen LogP) is 4.00. The van der Waals surface area contributed by atoms with Crippen LogP contribution in [-0.4, -0.2) is 25.3 Å². The summed E-state index contributed by atoms with van der Waals surface area (Å²) in [7, 11) is 0. The van der Waals surface area contributed by atoms with E-state index in [0.717, 1.165) is 38.0 Å². The third-order valence-electron chi connectivity index (χ3n) is 3.85. The van der Waals surface area contributed by atoms with Gasteiger partial charge in [0.15, 0.2) is 12.1 Å². The summed E-state index contributed by atoms with van der Waals surface area (Å²) in [5.74, 6) is 0.203. The molecule has 1 saturated heterocycles. The molecule has 3 nitrogen and oxygen atoms in total. The lowest BCUT2D eigenvalue weighted by Gasteiger charge is -2.34. The first-order valence-corrected chi connectivity index (χ1v) is 7.85. The second-order valence-corrected chi connectivity index (χ2v) is 6.58. The number of ether oxygens (including phenoxy) is 2. The molecule has 0 spiro atoms. The zero-order chi connectivity index (χ0) is 15.3. The summed E-state index contributed by atoms with van der Waals surface area (Å²) in [6.07, 6.45) is 3.00. The molecule has 0 amide bonds. The van der Waals surface area contributed by atoms with Crippen LogP contribution in [-0.2, 0) is 15.9 Å². The van der Waals surface area contributed by atoms with Crippen molar-refractivity contribution in [3.05, 3.63) is 35.4 Å². The number of carbonyl (C=O) groups is 1. The fraction of sp³-hybridized carbons (Fsp3) is 0.611. The van der Waals surface area contributed by atoms with Gasteiger partial charge in [-0.3, -0.25) is 4.79 Å². The average Bonchev–Trinajstić information content (AvgIpc) is 2.49. The summed E-state index contributed by atoms with van der Waals surface area (Å²) in [6.45, 7) is 7.83. The molecule has 1 aromatic carbocycles. The van der Waals surface area contributed by atoms with Crippen LogP contribution in [0.4, 0.5) is 0 Å². The molecule has 0 atom stereocenters. The minimum atomic E-state index is -0.145. The van der Waals surface area contributed by atoms with Gasteiger partial charge in [0.25, 0.3) is 0 Å². The summed E-state index contributed by atoms with van der Waals surface area (Å²) in [4.78, 5) is 12.1. The zero-order valence-electron chi connectivity index (χ0n) is 13.4. The lowest BCUT2D eigenvalue weighted by Crippen LogP contribution is -2.37. The van der Waals surface area contributed by atoms with Gasteiger partial charge >= 0.3 is 0 Å². The summed E-state index contributed by atoms with van der Waals surface area (Å²) in [6, 6.07) is 7.92. The maximum absolute atomic E-state index is 12.1. The molecule has 0 unspecified atom stereocenters. The molecule has 0 aromatic heterocycles. The Morgan fingerprint density at radius 1 is 1.19 bits per heavy atom. The number of hydrogen-bond acceptors (Lipinski definition) is 3. The molecule has 1 fully saturated rings. The van der Waals surface area contributed by atoms with Crippen LogP contribution in [0.15, 0.2) is 24.3 Å². The van der Waals surface area contributed by atoms with Crippen molar-refractivity contribution in [2.45, 2.75) is 52.7 Å². The van der Waals surface area contributed by atoms with Crippen LogP contribution in [0.5, 0.6) is 0 Å². The quantitative estimate of drug-likeness (QED) is 0.743. The van der Waals surface area contributed by atoms with Gasteiger partial charge in [-0.05, 0) is 24.8 Å². The van der Waals surface area contributed by atoms with Crippen LogP contribution in [0.1, 0.15) is 56.0 Å². The maximum Gasteiger partial charge on any atom is 0.162 e. The fourth-order valence-electron chi connectivity index (χ4n) is 2.39. The SMILES string of the molecule is CCc1ccc(C(=O)CCCC2OCC(C)(C)CO2)cc1. The average molecular weight is 290 g/mol. The molecule has 1 aliphatic heterocycles.